The third-order valence-corrected chi connectivity index (χ3v) is 6.73. The number of rotatable bonds is 0. The molecule has 7 rings (SSSR count). The molecule has 1 aromatic heterocycles. The molecule has 0 aliphatic carbocycles. The zero-order chi connectivity index (χ0) is 18.4. The molecule has 0 saturated heterocycles. The average Bonchev–Trinajstić information content (AvgIpc) is 2.75. The summed E-state index contributed by atoms with van der Waals surface area (Å²) in [7, 11) is 0. The predicted octanol–water partition coefficient (Wildman–Crippen LogP) is 7.58. The summed E-state index contributed by atoms with van der Waals surface area (Å²) in [6.07, 6.45) is 1.92. The van der Waals surface area contributed by atoms with Crippen molar-refractivity contribution in [1.29, 1.82) is 0 Å². The van der Waals surface area contributed by atoms with Crippen molar-refractivity contribution in [2.75, 3.05) is 4.90 Å². The van der Waals surface area contributed by atoms with Crippen LogP contribution in [0, 0.1) is 0 Å². The van der Waals surface area contributed by atoms with Crippen LogP contribution in [0.2, 0.25) is 0 Å². The molecule has 5 aromatic rings. The van der Waals surface area contributed by atoms with Gasteiger partial charge in [0.05, 0.1) is 22.6 Å². The number of pyridine rings is 1. The summed E-state index contributed by atoms with van der Waals surface area (Å²) in [6.45, 7) is 0. The van der Waals surface area contributed by atoms with E-state index in [1.54, 1.807) is 0 Å². The smallest absolute Gasteiger partial charge is 0.0729 e. The van der Waals surface area contributed by atoms with Crippen LogP contribution >= 0.6 is 15.9 Å². The maximum absolute atomic E-state index is 4.68. The lowest BCUT2D eigenvalue weighted by atomic mass is 9.84. The Balaban J connectivity index is 1.80. The molecule has 28 heavy (non-hydrogen) atoms. The van der Waals surface area contributed by atoms with Crippen molar-refractivity contribution in [3.63, 3.8) is 0 Å². The highest BCUT2D eigenvalue weighted by molar-refractivity contribution is 9.10. The third kappa shape index (κ3) is 1.62. The highest BCUT2D eigenvalue weighted by Crippen LogP contribution is 2.59. The summed E-state index contributed by atoms with van der Waals surface area (Å²) in [5.74, 6) is 0. The van der Waals surface area contributed by atoms with E-state index in [0.717, 1.165) is 9.99 Å². The van der Waals surface area contributed by atoms with Crippen LogP contribution in [0.15, 0.2) is 83.5 Å². The van der Waals surface area contributed by atoms with E-state index in [0.29, 0.717) is 0 Å². The van der Waals surface area contributed by atoms with Gasteiger partial charge in [0.2, 0.25) is 0 Å². The van der Waals surface area contributed by atoms with Gasteiger partial charge >= 0.3 is 0 Å². The van der Waals surface area contributed by atoms with Gasteiger partial charge in [-0.15, -0.1) is 0 Å². The lowest BCUT2D eigenvalue weighted by Gasteiger charge is -2.38. The normalized spacial score (nSPS) is 13.1. The number of aromatic nitrogens is 1. The van der Waals surface area contributed by atoms with Gasteiger partial charge in [0.25, 0.3) is 0 Å². The Morgan fingerprint density at radius 1 is 0.643 bits per heavy atom. The van der Waals surface area contributed by atoms with Gasteiger partial charge in [-0.05, 0) is 46.8 Å². The molecule has 0 atom stereocenters. The first-order valence-electron chi connectivity index (χ1n) is 9.36. The van der Waals surface area contributed by atoms with Crippen LogP contribution in [0.4, 0.5) is 17.1 Å². The van der Waals surface area contributed by atoms with Crippen LogP contribution in [-0.2, 0) is 0 Å². The SMILES string of the molecule is Brc1ccc2c3c(cccc13)-c1ccc3nccc4c3c1N2c1ccccc1-4. The van der Waals surface area contributed by atoms with Gasteiger partial charge in [0.15, 0.2) is 0 Å². The molecule has 2 aliphatic heterocycles. The lowest BCUT2D eigenvalue weighted by Crippen LogP contribution is -2.19. The first-order chi connectivity index (χ1) is 13.8. The molecule has 0 amide bonds. The number of benzene rings is 4. The maximum atomic E-state index is 4.68. The average molecular weight is 421 g/mol. The molecule has 3 heteroatoms. The molecule has 0 radical (unpaired) electrons. The second-order valence-electron chi connectivity index (χ2n) is 7.36. The van der Waals surface area contributed by atoms with E-state index in [1.807, 2.05) is 6.20 Å². The van der Waals surface area contributed by atoms with Crippen molar-refractivity contribution in [3.05, 3.63) is 83.5 Å². The first-order valence-corrected chi connectivity index (χ1v) is 10.1. The van der Waals surface area contributed by atoms with E-state index >= 15 is 0 Å². The van der Waals surface area contributed by atoms with Crippen LogP contribution in [-0.4, -0.2) is 4.98 Å². The van der Waals surface area contributed by atoms with E-state index in [4.69, 9.17) is 0 Å². The highest BCUT2D eigenvalue weighted by Gasteiger charge is 2.33. The van der Waals surface area contributed by atoms with E-state index in [9.17, 15) is 0 Å². The first kappa shape index (κ1) is 14.8. The molecule has 3 heterocycles. The van der Waals surface area contributed by atoms with Crippen molar-refractivity contribution in [2.45, 2.75) is 0 Å². The van der Waals surface area contributed by atoms with Crippen molar-refractivity contribution < 1.29 is 0 Å². The van der Waals surface area contributed by atoms with E-state index in [1.165, 1.54) is 55.5 Å². The number of para-hydroxylation sites is 1. The molecule has 4 aromatic carbocycles. The van der Waals surface area contributed by atoms with Crippen LogP contribution < -0.4 is 4.90 Å². The predicted molar refractivity (Wildman–Crippen MR) is 120 cm³/mol. The van der Waals surface area contributed by atoms with E-state index in [2.05, 4.69) is 98.6 Å². The van der Waals surface area contributed by atoms with Gasteiger partial charge in [-0.2, -0.15) is 0 Å². The number of hydrogen-bond acceptors (Lipinski definition) is 2. The minimum Gasteiger partial charge on any atom is -0.308 e. The molecule has 130 valence electrons. The minimum absolute atomic E-state index is 1.04. The number of halogens is 1. The van der Waals surface area contributed by atoms with Gasteiger partial charge in [0.1, 0.15) is 0 Å². The highest BCUT2D eigenvalue weighted by atomic mass is 79.9. The van der Waals surface area contributed by atoms with E-state index in [-0.39, 0.29) is 0 Å². The Hall–Kier alpha value is -3.17. The van der Waals surface area contributed by atoms with Crippen molar-refractivity contribution >= 4 is 54.7 Å². The molecular formula is C25H13BrN2. The molecule has 0 unspecified atom stereocenters. The summed E-state index contributed by atoms with van der Waals surface area (Å²) in [4.78, 5) is 7.11. The quantitative estimate of drug-likeness (QED) is 0.251. The Kier molecular flexibility index (Phi) is 2.65. The van der Waals surface area contributed by atoms with Crippen molar-refractivity contribution in [1.82, 2.24) is 4.98 Å². The van der Waals surface area contributed by atoms with Gasteiger partial charge in [0, 0.05) is 32.6 Å². The standard InChI is InChI=1S/C25H13BrN2/c26-19-9-11-22-23-15(5-3-6-18(19)23)17-8-10-20-24-16(12-13-27-20)14-4-1-2-7-21(14)28(22)25(17)24/h1-13H. The Bertz CT molecular complexity index is 1490. The van der Waals surface area contributed by atoms with Crippen LogP contribution in [0.5, 0.6) is 0 Å². The van der Waals surface area contributed by atoms with Gasteiger partial charge in [-0.3, -0.25) is 4.98 Å². The van der Waals surface area contributed by atoms with Crippen molar-refractivity contribution in [2.24, 2.45) is 0 Å². The summed E-state index contributed by atoms with van der Waals surface area (Å²) < 4.78 is 1.13. The van der Waals surface area contributed by atoms with E-state index < -0.39 is 0 Å². The second kappa shape index (κ2) is 5.00. The fourth-order valence-electron chi connectivity index (χ4n) is 4.93. The number of fused-ring (bicyclic) bond motifs is 5. The summed E-state index contributed by atoms with van der Waals surface area (Å²) in [5, 5.41) is 3.78. The zero-order valence-corrected chi connectivity index (χ0v) is 16.4. The topological polar surface area (TPSA) is 16.1 Å². The molecule has 0 fully saturated rings. The summed E-state index contributed by atoms with van der Waals surface area (Å²) >= 11 is 3.76. The largest absolute Gasteiger partial charge is 0.308 e. The van der Waals surface area contributed by atoms with Gasteiger partial charge in [-0.25, -0.2) is 0 Å². The Morgan fingerprint density at radius 2 is 1.50 bits per heavy atom. The van der Waals surface area contributed by atoms with Gasteiger partial charge in [-0.1, -0.05) is 58.4 Å². The number of hydrogen-bond donors (Lipinski definition) is 0. The molecule has 0 saturated carbocycles. The fraction of sp³-hybridized carbons (Fsp3) is 0. The molecule has 0 N–H and O–H groups in total. The number of nitrogens with zero attached hydrogens (tertiary/aromatic N) is 2. The molecular weight excluding hydrogens is 408 g/mol. The summed E-state index contributed by atoms with van der Waals surface area (Å²) in [5.41, 5.74) is 9.84. The lowest BCUT2D eigenvalue weighted by molar-refractivity contribution is 1.27. The molecule has 2 nitrogen and oxygen atoms in total. The molecule has 2 aliphatic rings. The Morgan fingerprint density at radius 3 is 2.46 bits per heavy atom. The second-order valence-corrected chi connectivity index (χ2v) is 8.22. The minimum atomic E-state index is 1.04. The fourth-order valence-corrected chi connectivity index (χ4v) is 5.40. The van der Waals surface area contributed by atoms with Crippen LogP contribution in [0.25, 0.3) is 43.9 Å². The third-order valence-electron chi connectivity index (χ3n) is 6.04. The number of anilines is 3. The zero-order valence-electron chi connectivity index (χ0n) is 14.8. The molecule has 0 spiro atoms. The van der Waals surface area contributed by atoms with Crippen LogP contribution in [0.1, 0.15) is 0 Å². The summed E-state index contributed by atoms with van der Waals surface area (Å²) in [6, 6.07) is 26.2. The monoisotopic (exact) mass is 420 g/mol. The Labute approximate surface area is 170 Å². The van der Waals surface area contributed by atoms with Gasteiger partial charge < -0.3 is 4.90 Å². The van der Waals surface area contributed by atoms with Crippen LogP contribution in [0.3, 0.4) is 0 Å². The maximum Gasteiger partial charge on any atom is 0.0729 e. The molecule has 0 bridgehead atoms. The van der Waals surface area contributed by atoms with Crippen molar-refractivity contribution in [3.8, 4) is 22.3 Å².